The summed E-state index contributed by atoms with van der Waals surface area (Å²) in [4.78, 5) is 2.45. The summed E-state index contributed by atoms with van der Waals surface area (Å²) < 4.78 is 16.8. The number of rotatable bonds is 8. The summed E-state index contributed by atoms with van der Waals surface area (Å²) >= 11 is 12.1. The van der Waals surface area contributed by atoms with Crippen LogP contribution in [0, 0.1) is 0 Å². The van der Waals surface area contributed by atoms with Crippen molar-refractivity contribution in [2.45, 2.75) is 19.4 Å². The maximum Gasteiger partial charge on any atom is 0.161 e. The van der Waals surface area contributed by atoms with Crippen LogP contribution in [0.3, 0.4) is 0 Å². The van der Waals surface area contributed by atoms with Gasteiger partial charge in [-0.2, -0.15) is 0 Å². The zero-order chi connectivity index (χ0) is 19.1. The predicted octanol–water partition coefficient (Wildman–Crippen LogP) is 4.85. The number of hydrogen-bond donors (Lipinski definition) is 0. The van der Waals surface area contributed by atoms with Crippen molar-refractivity contribution in [3.8, 4) is 11.5 Å². The fraction of sp³-hybridized carbons (Fsp3) is 0.429. The van der Waals surface area contributed by atoms with Crippen molar-refractivity contribution in [2.75, 3.05) is 40.0 Å². The van der Waals surface area contributed by atoms with Crippen molar-refractivity contribution in [3.63, 3.8) is 0 Å². The topological polar surface area (TPSA) is 30.9 Å². The number of nitrogens with zero attached hydrogens (tertiary/aromatic N) is 1. The Morgan fingerprint density at radius 3 is 2.59 bits per heavy atom. The fourth-order valence-corrected chi connectivity index (χ4v) is 3.58. The first kappa shape index (κ1) is 20.3. The molecule has 0 aromatic heterocycles. The van der Waals surface area contributed by atoms with Gasteiger partial charge in [-0.3, -0.25) is 4.90 Å². The highest BCUT2D eigenvalue weighted by atomic mass is 35.5. The summed E-state index contributed by atoms with van der Waals surface area (Å²) in [6.45, 7) is 5.21. The van der Waals surface area contributed by atoms with E-state index in [1.54, 1.807) is 19.2 Å². The van der Waals surface area contributed by atoms with Crippen molar-refractivity contribution >= 4 is 23.2 Å². The van der Waals surface area contributed by atoms with Crippen LogP contribution < -0.4 is 9.47 Å². The third-order valence-electron chi connectivity index (χ3n) is 4.67. The highest BCUT2D eigenvalue weighted by Crippen LogP contribution is 2.30. The van der Waals surface area contributed by atoms with Crippen LogP contribution in [0.5, 0.6) is 11.5 Å². The third kappa shape index (κ3) is 6.01. The molecule has 2 aromatic carbocycles. The number of hydrogen-bond acceptors (Lipinski definition) is 4. The maximum atomic E-state index is 6.21. The minimum atomic E-state index is 0.364. The van der Waals surface area contributed by atoms with Gasteiger partial charge in [0.25, 0.3) is 0 Å². The summed E-state index contributed by atoms with van der Waals surface area (Å²) in [6.07, 6.45) is 2.13. The van der Waals surface area contributed by atoms with Crippen molar-refractivity contribution in [2.24, 2.45) is 0 Å². The van der Waals surface area contributed by atoms with Gasteiger partial charge in [-0.1, -0.05) is 35.3 Å². The van der Waals surface area contributed by atoms with Gasteiger partial charge in [0.1, 0.15) is 6.61 Å². The average molecular weight is 410 g/mol. The zero-order valence-electron chi connectivity index (χ0n) is 15.5. The molecular weight excluding hydrogens is 385 g/mol. The lowest BCUT2D eigenvalue weighted by molar-refractivity contribution is 0.0374. The van der Waals surface area contributed by atoms with Crippen LogP contribution in [0.1, 0.15) is 17.5 Å². The van der Waals surface area contributed by atoms with E-state index in [2.05, 4.69) is 17.0 Å². The molecule has 0 saturated carbocycles. The van der Waals surface area contributed by atoms with Crippen molar-refractivity contribution in [1.29, 1.82) is 0 Å². The van der Waals surface area contributed by atoms with Crippen LogP contribution >= 0.6 is 23.2 Å². The van der Waals surface area contributed by atoms with Crippen molar-refractivity contribution < 1.29 is 14.2 Å². The number of aryl methyl sites for hydroxylation is 1. The average Bonchev–Trinajstić information content (AvgIpc) is 2.68. The van der Waals surface area contributed by atoms with Gasteiger partial charge in [0, 0.05) is 28.7 Å². The van der Waals surface area contributed by atoms with E-state index in [0.717, 1.165) is 57.0 Å². The molecule has 27 heavy (non-hydrogen) atoms. The van der Waals surface area contributed by atoms with Gasteiger partial charge in [0.2, 0.25) is 0 Å². The fourth-order valence-electron chi connectivity index (χ4n) is 3.11. The standard InChI is InChI=1S/C21H25Cl2NO3/c1-25-21-13-16(3-2-8-24-9-11-26-12-10-24)4-7-20(21)27-15-17-5-6-18(22)14-19(17)23/h4-7,13-14H,2-3,8-12,15H2,1H3. The summed E-state index contributed by atoms with van der Waals surface area (Å²) in [5.74, 6) is 1.45. The van der Waals surface area contributed by atoms with Gasteiger partial charge in [0.15, 0.2) is 11.5 Å². The number of halogens is 2. The molecule has 2 aromatic rings. The number of benzene rings is 2. The predicted molar refractivity (Wildman–Crippen MR) is 109 cm³/mol. The van der Waals surface area contributed by atoms with E-state index in [1.807, 2.05) is 12.1 Å². The van der Waals surface area contributed by atoms with E-state index in [4.69, 9.17) is 37.4 Å². The zero-order valence-corrected chi connectivity index (χ0v) is 17.1. The van der Waals surface area contributed by atoms with E-state index in [-0.39, 0.29) is 0 Å². The molecule has 0 radical (unpaired) electrons. The minimum Gasteiger partial charge on any atom is -0.493 e. The van der Waals surface area contributed by atoms with Gasteiger partial charge in [-0.25, -0.2) is 0 Å². The molecule has 0 bridgehead atoms. The second kappa shape index (κ2) is 10.2. The van der Waals surface area contributed by atoms with Gasteiger partial charge >= 0.3 is 0 Å². The monoisotopic (exact) mass is 409 g/mol. The normalized spacial score (nSPS) is 14.9. The summed E-state index contributed by atoms with van der Waals surface area (Å²) in [6, 6.07) is 11.5. The van der Waals surface area contributed by atoms with Crippen LogP contribution in [-0.2, 0) is 17.8 Å². The van der Waals surface area contributed by atoms with E-state index >= 15 is 0 Å². The first-order valence-corrected chi connectivity index (χ1v) is 9.95. The molecule has 0 amide bonds. The van der Waals surface area contributed by atoms with Crippen LogP contribution in [0.4, 0.5) is 0 Å². The molecule has 0 N–H and O–H groups in total. The van der Waals surface area contributed by atoms with E-state index in [1.165, 1.54) is 5.56 Å². The second-order valence-corrected chi connectivity index (χ2v) is 7.41. The lowest BCUT2D eigenvalue weighted by Crippen LogP contribution is -2.36. The Morgan fingerprint density at radius 1 is 1.04 bits per heavy atom. The Labute approximate surface area is 170 Å². The molecule has 1 heterocycles. The van der Waals surface area contributed by atoms with Crippen LogP contribution in [0.15, 0.2) is 36.4 Å². The Kier molecular flexibility index (Phi) is 7.65. The lowest BCUT2D eigenvalue weighted by Gasteiger charge is -2.26. The molecule has 3 rings (SSSR count). The number of methoxy groups -OCH3 is 1. The largest absolute Gasteiger partial charge is 0.493 e. The minimum absolute atomic E-state index is 0.364. The highest BCUT2D eigenvalue weighted by molar-refractivity contribution is 6.35. The van der Waals surface area contributed by atoms with Gasteiger partial charge in [-0.15, -0.1) is 0 Å². The molecular formula is C21H25Cl2NO3. The van der Waals surface area contributed by atoms with E-state index in [0.29, 0.717) is 22.4 Å². The Morgan fingerprint density at radius 2 is 1.85 bits per heavy atom. The molecule has 1 saturated heterocycles. The van der Waals surface area contributed by atoms with E-state index in [9.17, 15) is 0 Å². The summed E-state index contributed by atoms with van der Waals surface area (Å²) in [5, 5.41) is 1.21. The Bertz CT molecular complexity index is 748. The smallest absolute Gasteiger partial charge is 0.161 e. The van der Waals surface area contributed by atoms with Crippen molar-refractivity contribution in [3.05, 3.63) is 57.6 Å². The summed E-state index contributed by atoms with van der Waals surface area (Å²) in [7, 11) is 1.66. The Balaban J connectivity index is 1.55. The first-order chi connectivity index (χ1) is 13.2. The molecule has 0 aliphatic carbocycles. The maximum absolute atomic E-state index is 6.21. The van der Waals surface area contributed by atoms with Gasteiger partial charge in [0.05, 0.1) is 20.3 Å². The lowest BCUT2D eigenvalue weighted by atomic mass is 10.1. The molecule has 6 heteroatoms. The third-order valence-corrected chi connectivity index (χ3v) is 5.26. The molecule has 4 nitrogen and oxygen atoms in total. The molecule has 146 valence electrons. The SMILES string of the molecule is COc1cc(CCCN2CCOCC2)ccc1OCc1ccc(Cl)cc1Cl. The molecule has 1 aliphatic heterocycles. The molecule has 1 aliphatic rings. The molecule has 1 fully saturated rings. The van der Waals surface area contributed by atoms with Crippen LogP contribution in [-0.4, -0.2) is 44.9 Å². The quantitative estimate of drug-likeness (QED) is 0.623. The molecule has 0 atom stereocenters. The first-order valence-electron chi connectivity index (χ1n) is 9.19. The highest BCUT2D eigenvalue weighted by Gasteiger charge is 2.11. The van der Waals surface area contributed by atoms with Crippen LogP contribution in [0.2, 0.25) is 10.0 Å². The number of ether oxygens (including phenoxy) is 3. The van der Waals surface area contributed by atoms with Crippen LogP contribution in [0.25, 0.3) is 0 Å². The van der Waals surface area contributed by atoms with E-state index < -0.39 is 0 Å². The summed E-state index contributed by atoms with van der Waals surface area (Å²) in [5.41, 5.74) is 2.13. The van der Waals surface area contributed by atoms with Gasteiger partial charge < -0.3 is 14.2 Å². The number of morpholine rings is 1. The van der Waals surface area contributed by atoms with Gasteiger partial charge in [-0.05, 0) is 49.2 Å². The molecule has 0 unspecified atom stereocenters. The Hall–Kier alpha value is -1.46. The second-order valence-electron chi connectivity index (χ2n) is 6.57. The molecule has 0 spiro atoms. The van der Waals surface area contributed by atoms with Crippen molar-refractivity contribution in [1.82, 2.24) is 4.90 Å².